The largest absolute Gasteiger partial charge is 0.495 e. The van der Waals surface area contributed by atoms with Crippen molar-refractivity contribution in [1.29, 1.82) is 0 Å². The van der Waals surface area contributed by atoms with Crippen LogP contribution in [0.15, 0.2) is 18.2 Å². The Balaban J connectivity index is 2.48. The third kappa shape index (κ3) is 4.39. The normalized spacial score (nSPS) is 10.5. The molecule has 0 unspecified atom stereocenters. The number of benzene rings is 2. The van der Waals surface area contributed by atoms with Gasteiger partial charge in [-0.05, 0) is 121 Å². The highest BCUT2D eigenvalue weighted by Crippen LogP contribution is 2.38. The van der Waals surface area contributed by atoms with E-state index in [1.807, 2.05) is 19.1 Å². The molecule has 2 aromatic rings. The van der Waals surface area contributed by atoms with Gasteiger partial charge in [0.15, 0.2) is 5.75 Å². The van der Waals surface area contributed by atoms with E-state index in [1.54, 1.807) is 13.2 Å². The van der Waals surface area contributed by atoms with Gasteiger partial charge in [-0.25, -0.2) is 4.79 Å². The molecule has 0 fully saturated rings. The number of methoxy groups -OCH3 is 2. The summed E-state index contributed by atoms with van der Waals surface area (Å²) in [5, 5.41) is 0. The van der Waals surface area contributed by atoms with E-state index in [0.29, 0.717) is 5.56 Å². The first-order valence-corrected chi connectivity index (χ1v) is 10.9. The van der Waals surface area contributed by atoms with Gasteiger partial charge in [-0.15, -0.1) is 0 Å². The maximum absolute atomic E-state index is 11.9. The van der Waals surface area contributed by atoms with Gasteiger partial charge >= 0.3 is 5.97 Å². The van der Waals surface area contributed by atoms with Crippen molar-refractivity contribution in [2.75, 3.05) is 14.2 Å². The molecule has 0 bridgehead atoms. The van der Waals surface area contributed by atoms with Crippen LogP contribution in [-0.4, -0.2) is 20.2 Å². The van der Waals surface area contributed by atoms with Crippen LogP contribution in [0.25, 0.3) is 0 Å². The molecule has 4 nitrogen and oxygen atoms in total. The van der Waals surface area contributed by atoms with Crippen molar-refractivity contribution in [3.05, 3.63) is 43.6 Å². The molecule has 2 aromatic carbocycles. The molecule has 8 heteroatoms. The second-order valence-electron chi connectivity index (χ2n) is 4.69. The average molecular weight is 776 g/mol. The summed E-state index contributed by atoms with van der Waals surface area (Å²) in [5.74, 6) is 1.96. The number of carbonyl (C=O) groups excluding carboxylic acids is 1. The van der Waals surface area contributed by atoms with Crippen molar-refractivity contribution < 1.29 is 19.0 Å². The Labute approximate surface area is 194 Å². The maximum atomic E-state index is 11.9. The molecule has 0 aliphatic heterocycles. The van der Waals surface area contributed by atoms with Crippen molar-refractivity contribution >= 4 is 96.3 Å². The zero-order valence-corrected chi connectivity index (χ0v) is 21.5. The number of hydrogen-bond donors (Lipinski definition) is 0. The molecule has 0 heterocycles. The second kappa shape index (κ2) is 8.88. The van der Waals surface area contributed by atoms with Gasteiger partial charge < -0.3 is 14.2 Å². The molecule has 0 N–H and O–H groups in total. The first-order chi connectivity index (χ1) is 11.3. The van der Waals surface area contributed by atoms with Crippen molar-refractivity contribution in [3.63, 3.8) is 0 Å². The molecule has 0 saturated heterocycles. The summed E-state index contributed by atoms with van der Waals surface area (Å²) in [6.07, 6.45) is 0. The SMILES string of the molecule is COC(=O)c1cc(I)c(Oc2cc(I)c(OC)c(I)c2)c(I)c1C. The van der Waals surface area contributed by atoms with E-state index in [1.165, 1.54) is 7.11 Å². The summed E-state index contributed by atoms with van der Waals surface area (Å²) in [6.45, 7) is 1.89. The quantitative estimate of drug-likeness (QED) is 0.283. The molecule has 0 radical (unpaired) electrons. The van der Waals surface area contributed by atoms with E-state index in [0.717, 1.165) is 37.1 Å². The van der Waals surface area contributed by atoms with Gasteiger partial charge in [-0.2, -0.15) is 0 Å². The molecule has 2 rings (SSSR count). The van der Waals surface area contributed by atoms with Gasteiger partial charge in [0.2, 0.25) is 0 Å². The number of hydrogen-bond acceptors (Lipinski definition) is 4. The summed E-state index contributed by atoms with van der Waals surface area (Å²) in [7, 11) is 3.04. The minimum Gasteiger partial charge on any atom is -0.495 e. The van der Waals surface area contributed by atoms with Gasteiger partial charge in [-0.3, -0.25) is 0 Å². The van der Waals surface area contributed by atoms with Crippen molar-refractivity contribution in [2.24, 2.45) is 0 Å². The Kier molecular flexibility index (Phi) is 7.67. The third-order valence-corrected chi connectivity index (χ3v) is 6.92. The van der Waals surface area contributed by atoms with Gasteiger partial charge in [0.25, 0.3) is 0 Å². The van der Waals surface area contributed by atoms with E-state index in [4.69, 9.17) is 14.2 Å². The van der Waals surface area contributed by atoms with Crippen LogP contribution in [0.2, 0.25) is 0 Å². The Hall–Kier alpha value is 0.430. The molecule has 0 amide bonds. The van der Waals surface area contributed by atoms with Crippen LogP contribution >= 0.6 is 90.4 Å². The molecule has 0 atom stereocenters. The summed E-state index contributed by atoms with van der Waals surface area (Å²) < 4.78 is 20.0. The van der Waals surface area contributed by atoms with Gasteiger partial charge in [0.05, 0.1) is 34.1 Å². The summed E-state index contributed by atoms with van der Waals surface area (Å²) >= 11 is 8.81. The first kappa shape index (κ1) is 20.7. The zero-order chi connectivity index (χ0) is 18.0. The Morgan fingerprint density at radius 2 is 1.46 bits per heavy atom. The summed E-state index contributed by atoms with van der Waals surface area (Å²) in [6, 6.07) is 5.65. The molecule has 0 aromatic heterocycles. The second-order valence-corrected chi connectivity index (χ2v) is 9.25. The Morgan fingerprint density at radius 3 is 1.96 bits per heavy atom. The molecular formula is C16H12I4O4. The average Bonchev–Trinajstić information content (AvgIpc) is 2.54. The minimum atomic E-state index is -0.344. The molecule has 0 spiro atoms. The van der Waals surface area contributed by atoms with Crippen LogP contribution in [-0.2, 0) is 4.74 Å². The summed E-state index contributed by atoms with van der Waals surface area (Å²) in [5.41, 5.74) is 1.40. The lowest BCUT2D eigenvalue weighted by Crippen LogP contribution is -2.07. The maximum Gasteiger partial charge on any atom is 0.338 e. The predicted molar refractivity (Wildman–Crippen MR) is 126 cm³/mol. The number of esters is 1. The van der Waals surface area contributed by atoms with Crippen LogP contribution in [0.4, 0.5) is 0 Å². The molecule has 128 valence electrons. The molecule has 0 saturated carbocycles. The van der Waals surface area contributed by atoms with Crippen LogP contribution in [0, 0.1) is 21.2 Å². The number of halogens is 4. The van der Waals surface area contributed by atoms with Crippen LogP contribution in [0.5, 0.6) is 17.2 Å². The molecule has 24 heavy (non-hydrogen) atoms. The number of rotatable bonds is 4. The standard InChI is InChI=1S/C16H12I4O4/c1-7-9(16(21)23-3)6-12(19)15(13(7)20)24-8-4-10(17)14(22-2)11(18)5-8/h4-6H,1-3H3. The fourth-order valence-electron chi connectivity index (χ4n) is 2.02. The predicted octanol–water partition coefficient (Wildman–Crippen LogP) is 6.00. The molecular weight excluding hydrogens is 764 g/mol. The Morgan fingerprint density at radius 1 is 0.917 bits per heavy atom. The number of ether oxygens (including phenoxy) is 3. The van der Waals surface area contributed by atoms with Gasteiger partial charge in [0, 0.05) is 0 Å². The van der Waals surface area contributed by atoms with E-state index in [-0.39, 0.29) is 5.97 Å². The first-order valence-electron chi connectivity index (χ1n) is 6.58. The molecule has 0 aliphatic carbocycles. The van der Waals surface area contributed by atoms with Crippen molar-refractivity contribution in [1.82, 2.24) is 0 Å². The highest BCUT2D eigenvalue weighted by atomic mass is 127. The smallest absolute Gasteiger partial charge is 0.338 e. The third-order valence-electron chi connectivity index (χ3n) is 3.22. The van der Waals surface area contributed by atoms with Crippen molar-refractivity contribution in [2.45, 2.75) is 6.92 Å². The Bertz CT molecular complexity index is 782. The lowest BCUT2D eigenvalue weighted by molar-refractivity contribution is 0.0599. The van der Waals surface area contributed by atoms with Gasteiger partial charge in [0.1, 0.15) is 11.5 Å². The highest BCUT2D eigenvalue weighted by molar-refractivity contribution is 14.1. The van der Waals surface area contributed by atoms with Crippen molar-refractivity contribution in [3.8, 4) is 17.2 Å². The lowest BCUT2D eigenvalue weighted by Gasteiger charge is -2.16. The van der Waals surface area contributed by atoms with Crippen LogP contribution < -0.4 is 9.47 Å². The van der Waals surface area contributed by atoms with E-state index in [2.05, 4.69) is 90.4 Å². The monoisotopic (exact) mass is 776 g/mol. The van der Waals surface area contributed by atoms with E-state index in [9.17, 15) is 4.79 Å². The minimum absolute atomic E-state index is 0.344. The fraction of sp³-hybridized carbons (Fsp3) is 0.188. The number of carbonyl (C=O) groups is 1. The lowest BCUT2D eigenvalue weighted by atomic mass is 10.1. The zero-order valence-electron chi connectivity index (χ0n) is 12.9. The summed E-state index contributed by atoms with van der Waals surface area (Å²) in [4.78, 5) is 11.9. The van der Waals surface area contributed by atoms with E-state index >= 15 is 0 Å². The van der Waals surface area contributed by atoms with E-state index < -0.39 is 0 Å². The molecule has 0 aliphatic rings. The topological polar surface area (TPSA) is 44.8 Å². The fourth-order valence-corrected chi connectivity index (χ4v) is 6.07. The van der Waals surface area contributed by atoms with Crippen LogP contribution in [0.1, 0.15) is 15.9 Å². The highest BCUT2D eigenvalue weighted by Gasteiger charge is 2.20. The van der Waals surface area contributed by atoms with Crippen LogP contribution in [0.3, 0.4) is 0 Å². The van der Waals surface area contributed by atoms with Gasteiger partial charge in [-0.1, -0.05) is 0 Å².